The van der Waals surface area contributed by atoms with E-state index in [9.17, 15) is 4.79 Å². The van der Waals surface area contributed by atoms with E-state index in [-0.39, 0.29) is 21.3 Å². The van der Waals surface area contributed by atoms with E-state index in [1.54, 1.807) is 0 Å². The molecule has 0 aliphatic carbocycles. The normalized spacial score (nSPS) is 9.25. The fraction of sp³-hybridized carbons (Fsp3) is 0. The number of hydrogen-bond donors (Lipinski definition) is 0. The van der Waals surface area contributed by atoms with E-state index >= 15 is 0 Å². The standard InChI is InChI=1S/C5Cl3N3O/c6-2-3(7)10-5(9-1-12)11-4(2)8. The van der Waals surface area contributed by atoms with Crippen molar-refractivity contribution in [2.45, 2.75) is 0 Å². The van der Waals surface area contributed by atoms with Crippen molar-refractivity contribution in [3.63, 3.8) is 0 Å². The van der Waals surface area contributed by atoms with Gasteiger partial charge in [0.25, 0.3) is 5.95 Å². The first-order chi connectivity index (χ1) is 5.65. The van der Waals surface area contributed by atoms with E-state index in [0.29, 0.717) is 0 Å². The van der Waals surface area contributed by atoms with Gasteiger partial charge in [0.15, 0.2) is 10.3 Å². The van der Waals surface area contributed by atoms with Gasteiger partial charge in [0.1, 0.15) is 5.02 Å². The minimum Gasteiger partial charge on any atom is -0.211 e. The molecule has 62 valence electrons. The van der Waals surface area contributed by atoms with E-state index in [4.69, 9.17) is 34.8 Å². The Morgan fingerprint density at radius 1 is 1.17 bits per heavy atom. The first kappa shape index (κ1) is 9.42. The molecule has 0 aliphatic rings. The zero-order chi connectivity index (χ0) is 9.14. The molecular formula is C5Cl3N3O. The van der Waals surface area contributed by atoms with Crippen LogP contribution in [0.1, 0.15) is 0 Å². The third-order valence-corrected chi connectivity index (χ3v) is 2.00. The summed E-state index contributed by atoms with van der Waals surface area (Å²) in [5, 5.41) is -0.0699. The van der Waals surface area contributed by atoms with Gasteiger partial charge in [-0.15, -0.1) is 4.99 Å². The highest BCUT2D eigenvalue weighted by Gasteiger charge is 2.07. The lowest BCUT2D eigenvalue weighted by molar-refractivity contribution is 0.565. The second-order valence-electron chi connectivity index (χ2n) is 1.62. The largest absolute Gasteiger partial charge is 0.263 e. The van der Waals surface area contributed by atoms with Crippen molar-refractivity contribution in [2.24, 2.45) is 4.99 Å². The molecule has 1 aromatic heterocycles. The molecule has 1 rings (SSSR count). The lowest BCUT2D eigenvalue weighted by Crippen LogP contribution is -1.84. The van der Waals surface area contributed by atoms with Gasteiger partial charge in [0, 0.05) is 0 Å². The average Bonchev–Trinajstić information content (AvgIpc) is 2.01. The lowest BCUT2D eigenvalue weighted by Gasteiger charge is -1.96. The number of nitrogens with zero attached hydrogens (tertiary/aromatic N) is 3. The van der Waals surface area contributed by atoms with Crippen LogP contribution in [0.15, 0.2) is 4.99 Å². The minimum absolute atomic E-state index is 0.0307. The smallest absolute Gasteiger partial charge is 0.211 e. The molecule has 0 fully saturated rings. The van der Waals surface area contributed by atoms with Crippen LogP contribution in [0.5, 0.6) is 0 Å². The highest BCUT2D eigenvalue weighted by atomic mass is 35.5. The summed E-state index contributed by atoms with van der Waals surface area (Å²) in [4.78, 5) is 20.0. The summed E-state index contributed by atoms with van der Waals surface area (Å²) in [5.74, 6) is -0.163. The summed E-state index contributed by atoms with van der Waals surface area (Å²) in [6, 6.07) is 0. The Labute approximate surface area is 82.2 Å². The predicted molar refractivity (Wildman–Crippen MR) is 44.8 cm³/mol. The Morgan fingerprint density at radius 3 is 2.08 bits per heavy atom. The van der Waals surface area contributed by atoms with E-state index in [1.807, 2.05) is 0 Å². The van der Waals surface area contributed by atoms with Crippen LogP contribution < -0.4 is 0 Å². The highest BCUT2D eigenvalue weighted by Crippen LogP contribution is 2.27. The Kier molecular flexibility index (Phi) is 3.00. The molecule has 0 amide bonds. The second-order valence-corrected chi connectivity index (χ2v) is 2.72. The number of aliphatic imine (C=N–C) groups is 1. The van der Waals surface area contributed by atoms with Crippen LogP contribution in [0.3, 0.4) is 0 Å². The van der Waals surface area contributed by atoms with Gasteiger partial charge in [-0.05, 0) is 0 Å². The Balaban J connectivity index is 3.30. The molecule has 12 heavy (non-hydrogen) atoms. The molecule has 0 N–H and O–H groups in total. The highest BCUT2D eigenvalue weighted by molar-refractivity contribution is 6.46. The second kappa shape index (κ2) is 3.83. The predicted octanol–water partition coefficient (Wildman–Crippen LogP) is 2.40. The molecule has 1 aromatic rings. The molecule has 0 unspecified atom stereocenters. The summed E-state index contributed by atoms with van der Waals surface area (Å²) in [6.45, 7) is 0. The maximum Gasteiger partial charge on any atom is 0.263 e. The van der Waals surface area contributed by atoms with Gasteiger partial charge in [0.05, 0.1) is 0 Å². The molecule has 0 atom stereocenters. The van der Waals surface area contributed by atoms with Gasteiger partial charge < -0.3 is 0 Å². The van der Waals surface area contributed by atoms with Crippen LogP contribution in [0.4, 0.5) is 5.95 Å². The van der Waals surface area contributed by atoms with Crippen molar-refractivity contribution in [1.29, 1.82) is 0 Å². The molecule has 0 spiro atoms. The van der Waals surface area contributed by atoms with Crippen LogP contribution in [0.25, 0.3) is 0 Å². The maximum atomic E-state index is 9.79. The molecule has 0 aliphatic heterocycles. The molecule has 0 aromatic carbocycles. The third kappa shape index (κ3) is 1.93. The fourth-order valence-electron chi connectivity index (χ4n) is 0.475. The lowest BCUT2D eigenvalue weighted by atomic mass is 10.6. The quantitative estimate of drug-likeness (QED) is 0.418. The average molecular weight is 224 g/mol. The maximum absolute atomic E-state index is 9.79. The van der Waals surface area contributed by atoms with Gasteiger partial charge >= 0.3 is 0 Å². The summed E-state index contributed by atoms with van der Waals surface area (Å²) in [6.07, 6.45) is 1.25. The molecule has 0 saturated heterocycles. The van der Waals surface area contributed by atoms with Gasteiger partial charge in [-0.25, -0.2) is 4.79 Å². The van der Waals surface area contributed by atoms with Crippen LogP contribution in [0, 0.1) is 0 Å². The molecule has 0 saturated carbocycles. The number of carbonyl (C=O) groups excluding carboxylic acids is 1. The van der Waals surface area contributed by atoms with Crippen LogP contribution in [-0.4, -0.2) is 16.0 Å². The Hall–Kier alpha value is -0.670. The van der Waals surface area contributed by atoms with Gasteiger partial charge in [-0.2, -0.15) is 9.97 Å². The van der Waals surface area contributed by atoms with Crippen molar-refractivity contribution in [2.75, 3.05) is 0 Å². The van der Waals surface area contributed by atoms with Crippen molar-refractivity contribution in [1.82, 2.24) is 9.97 Å². The van der Waals surface area contributed by atoms with Crippen molar-refractivity contribution in [3.05, 3.63) is 15.3 Å². The SMILES string of the molecule is O=C=Nc1nc(Cl)c(Cl)c(Cl)n1. The van der Waals surface area contributed by atoms with E-state index in [0.717, 1.165) is 0 Å². The zero-order valence-electron chi connectivity index (χ0n) is 5.38. The number of rotatable bonds is 1. The molecule has 7 heteroatoms. The summed E-state index contributed by atoms with van der Waals surface area (Å²) in [7, 11) is 0. The topological polar surface area (TPSA) is 55.2 Å². The Morgan fingerprint density at radius 2 is 1.67 bits per heavy atom. The fourth-order valence-corrected chi connectivity index (χ4v) is 0.938. The van der Waals surface area contributed by atoms with Crippen molar-refractivity contribution in [3.8, 4) is 0 Å². The van der Waals surface area contributed by atoms with E-state index in [2.05, 4.69) is 15.0 Å². The van der Waals surface area contributed by atoms with Gasteiger partial charge in [-0.1, -0.05) is 34.8 Å². The summed E-state index contributed by atoms with van der Waals surface area (Å²) < 4.78 is 0. The monoisotopic (exact) mass is 223 g/mol. The van der Waals surface area contributed by atoms with Crippen LogP contribution in [0.2, 0.25) is 15.3 Å². The number of hydrogen-bond acceptors (Lipinski definition) is 4. The van der Waals surface area contributed by atoms with Gasteiger partial charge in [-0.3, -0.25) is 0 Å². The zero-order valence-corrected chi connectivity index (χ0v) is 7.65. The Bertz CT molecular complexity index is 338. The van der Waals surface area contributed by atoms with Crippen molar-refractivity contribution >= 4 is 46.8 Å². The number of halogens is 3. The first-order valence-corrected chi connectivity index (χ1v) is 3.75. The van der Waals surface area contributed by atoms with E-state index < -0.39 is 0 Å². The minimum atomic E-state index is -0.163. The van der Waals surface area contributed by atoms with Crippen LogP contribution >= 0.6 is 34.8 Å². The molecule has 1 heterocycles. The number of isocyanates is 1. The third-order valence-electron chi connectivity index (χ3n) is 0.904. The first-order valence-electron chi connectivity index (χ1n) is 2.61. The molecular weight excluding hydrogens is 224 g/mol. The van der Waals surface area contributed by atoms with E-state index in [1.165, 1.54) is 6.08 Å². The number of aromatic nitrogens is 2. The van der Waals surface area contributed by atoms with Gasteiger partial charge in [0.2, 0.25) is 6.08 Å². The molecule has 4 nitrogen and oxygen atoms in total. The summed E-state index contributed by atoms with van der Waals surface area (Å²) >= 11 is 16.5. The van der Waals surface area contributed by atoms with Crippen LogP contribution in [-0.2, 0) is 4.79 Å². The van der Waals surface area contributed by atoms with Crippen molar-refractivity contribution < 1.29 is 4.79 Å². The summed E-state index contributed by atoms with van der Waals surface area (Å²) in [5.41, 5.74) is 0. The molecule has 0 radical (unpaired) electrons. The molecule has 0 bridgehead atoms.